The molecule has 0 fully saturated rings. The van der Waals surface area contributed by atoms with E-state index in [1.165, 1.54) is 43.8 Å². The fourth-order valence-electron chi connectivity index (χ4n) is 7.19. The van der Waals surface area contributed by atoms with Gasteiger partial charge in [-0.25, -0.2) is 15.0 Å². The van der Waals surface area contributed by atoms with Crippen molar-refractivity contribution in [2.45, 2.75) is 6.92 Å². The molecule has 0 atom stereocenters. The summed E-state index contributed by atoms with van der Waals surface area (Å²) in [5, 5.41) is 5.05. The summed E-state index contributed by atoms with van der Waals surface area (Å²) in [6.07, 6.45) is 6.09. The number of allylic oxidation sites excluding steroid dienone is 5. The van der Waals surface area contributed by atoms with Gasteiger partial charge in [0.05, 0.1) is 11.0 Å². The number of nitrogens with zero attached hydrogens (tertiary/aromatic N) is 4. The summed E-state index contributed by atoms with van der Waals surface area (Å²) in [6.45, 7) is 6.19. The number of hydrogen-bond donors (Lipinski definition) is 0. The molecule has 8 aromatic rings. The maximum atomic E-state index is 5.00. The van der Waals surface area contributed by atoms with Crippen molar-refractivity contribution in [1.29, 1.82) is 0 Å². The predicted molar refractivity (Wildman–Crippen MR) is 200 cm³/mol. The third-order valence-electron chi connectivity index (χ3n) is 9.27. The minimum Gasteiger partial charge on any atom is -0.309 e. The standard InChI is InChI=1S/C44H30N4/c1-3-14-32(27-28(2)42-45-43(30-15-6-4-7-16-30)47-44(46-42)31-17-8-5-9-18-31)48-37-24-13-23-36-34-21-11-10-20-33(34)35-22-12-19-29-25-26-38(48)41(39(29)35)40(36)37/h3-27H,1H2,2H3/b28-27+,32-14+. The molecule has 0 amide bonds. The summed E-state index contributed by atoms with van der Waals surface area (Å²) in [6, 6.07) is 46.8. The van der Waals surface area contributed by atoms with E-state index in [1.54, 1.807) is 0 Å². The van der Waals surface area contributed by atoms with Gasteiger partial charge < -0.3 is 4.57 Å². The molecule has 1 aliphatic rings. The Bertz CT molecular complexity index is 2570. The zero-order valence-electron chi connectivity index (χ0n) is 26.4. The lowest BCUT2D eigenvalue weighted by atomic mass is 9.93. The van der Waals surface area contributed by atoms with Gasteiger partial charge in [0.1, 0.15) is 0 Å². The van der Waals surface area contributed by atoms with E-state index in [-0.39, 0.29) is 0 Å². The topological polar surface area (TPSA) is 43.6 Å². The minimum absolute atomic E-state index is 0.627. The molecule has 0 saturated carbocycles. The summed E-state index contributed by atoms with van der Waals surface area (Å²) >= 11 is 0. The Balaban J connectivity index is 1.30. The zero-order valence-corrected chi connectivity index (χ0v) is 26.4. The van der Waals surface area contributed by atoms with E-state index in [0.29, 0.717) is 17.5 Å². The molecular formula is C44H30N4. The molecule has 1 aliphatic carbocycles. The molecule has 48 heavy (non-hydrogen) atoms. The van der Waals surface area contributed by atoms with Gasteiger partial charge >= 0.3 is 0 Å². The van der Waals surface area contributed by atoms with E-state index in [1.807, 2.05) is 66.7 Å². The molecule has 2 heterocycles. The Morgan fingerprint density at radius 2 is 1.10 bits per heavy atom. The van der Waals surface area contributed by atoms with E-state index < -0.39 is 0 Å². The highest BCUT2D eigenvalue weighted by Crippen LogP contribution is 2.49. The molecule has 2 aromatic heterocycles. The van der Waals surface area contributed by atoms with E-state index >= 15 is 0 Å². The smallest absolute Gasteiger partial charge is 0.164 e. The molecule has 0 spiro atoms. The number of aromatic nitrogens is 4. The molecule has 0 aliphatic heterocycles. The number of fused-ring (bicyclic) bond motifs is 3. The average molecular weight is 615 g/mol. The molecular weight excluding hydrogens is 585 g/mol. The predicted octanol–water partition coefficient (Wildman–Crippen LogP) is 11.2. The lowest BCUT2D eigenvalue weighted by Crippen LogP contribution is -2.03. The first kappa shape index (κ1) is 27.9. The van der Waals surface area contributed by atoms with Gasteiger partial charge in [0, 0.05) is 27.6 Å². The number of benzene rings is 6. The quantitative estimate of drug-likeness (QED) is 0.175. The highest BCUT2D eigenvalue weighted by molar-refractivity contribution is 6.30. The van der Waals surface area contributed by atoms with Gasteiger partial charge in [0.2, 0.25) is 0 Å². The van der Waals surface area contributed by atoms with Crippen LogP contribution in [0.3, 0.4) is 0 Å². The van der Waals surface area contributed by atoms with Gasteiger partial charge in [-0.05, 0) is 69.8 Å². The van der Waals surface area contributed by atoms with Gasteiger partial charge in [-0.2, -0.15) is 0 Å². The average Bonchev–Trinajstić information content (AvgIpc) is 3.43. The van der Waals surface area contributed by atoms with Crippen LogP contribution in [0.25, 0.3) is 88.9 Å². The van der Waals surface area contributed by atoms with Crippen LogP contribution in [0, 0.1) is 0 Å². The lowest BCUT2D eigenvalue weighted by molar-refractivity contribution is 1.03. The van der Waals surface area contributed by atoms with E-state index in [0.717, 1.165) is 33.4 Å². The van der Waals surface area contributed by atoms with Crippen molar-refractivity contribution in [3.05, 3.63) is 164 Å². The minimum atomic E-state index is 0.627. The first-order chi connectivity index (χ1) is 23.7. The molecule has 0 radical (unpaired) electrons. The van der Waals surface area contributed by atoms with Crippen molar-refractivity contribution in [3.63, 3.8) is 0 Å². The van der Waals surface area contributed by atoms with Crippen LogP contribution < -0.4 is 0 Å². The van der Waals surface area contributed by atoms with Crippen LogP contribution in [-0.4, -0.2) is 19.5 Å². The van der Waals surface area contributed by atoms with Crippen LogP contribution in [0.5, 0.6) is 0 Å². The monoisotopic (exact) mass is 614 g/mol. The molecule has 0 unspecified atom stereocenters. The zero-order chi connectivity index (χ0) is 32.2. The summed E-state index contributed by atoms with van der Waals surface area (Å²) in [4.78, 5) is 14.9. The largest absolute Gasteiger partial charge is 0.309 e. The van der Waals surface area contributed by atoms with Crippen molar-refractivity contribution in [2.75, 3.05) is 0 Å². The van der Waals surface area contributed by atoms with Crippen molar-refractivity contribution in [1.82, 2.24) is 19.5 Å². The fraction of sp³-hybridized carbons (Fsp3) is 0.0227. The highest BCUT2D eigenvalue weighted by Gasteiger charge is 2.24. The van der Waals surface area contributed by atoms with Gasteiger partial charge in [-0.1, -0.05) is 134 Å². The lowest BCUT2D eigenvalue weighted by Gasteiger charge is -2.14. The van der Waals surface area contributed by atoms with Gasteiger partial charge in [-0.3, -0.25) is 0 Å². The van der Waals surface area contributed by atoms with Gasteiger partial charge in [-0.15, -0.1) is 0 Å². The fourth-order valence-corrected chi connectivity index (χ4v) is 7.19. The maximum absolute atomic E-state index is 5.00. The van der Waals surface area contributed by atoms with E-state index in [2.05, 4.69) is 103 Å². The Morgan fingerprint density at radius 3 is 1.75 bits per heavy atom. The number of hydrogen-bond acceptors (Lipinski definition) is 3. The molecule has 226 valence electrons. The van der Waals surface area contributed by atoms with Crippen molar-refractivity contribution < 1.29 is 0 Å². The normalized spacial score (nSPS) is 12.6. The van der Waals surface area contributed by atoms with Crippen LogP contribution in [0.1, 0.15) is 12.7 Å². The van der Waals surface area contributed by atoms with Crippen LogP contribution >= 0.6 is 0 Å². The van der Waals surface area contributed by atoms with E-state index in [9.17, 15) is 0 Å². The second-order valence-electron chi connectivity index (χ2n) is 12.1. The molecule has 6 aromatic carbocycles. The molecule has 0 N–H and O–H groups in total. The Labute approximate surface area is 278 Å². The third-order valence-corrected chi connectivity index (χ3v) is 9.27. The molecule has 4 heteroatoms. The van der Waals surface area contributed by atoms with Crippen molar-refractivity contribution in [3.8, 4) is 45.0 Å². The van der Waals surface area contributed by atoms with Crippen molar-refractivity contribution in [2.24, 2.45) is 0 Å². The molecule has 9 rings (SSSR count). The first-order valence-corrected chi connectivity index (χ1v) is 16.2. The summed E-state index contributed by atoms with van der Waals surface area (Å²) < 4.78 is 2.36. The van der Waals surface area contributed by atoms with Crippen LogP contribution in [0.15, 0.2) is 158 Å². The Morgan fingerprint density at radius 1 is 0.542 bits per heavy atom. The number of rotatable bonds is 6. The second-order valence-corrected chi connectivity index (χ2v) is 12.1. The highest BCUT2D eigenvalue weighted by atomic mass is 15.0. The van der Waals surface area contributed by atoms with Crippen LogP contribution in [0.2, 0.25) is 0 Å². The molecule has 0 bridgehead atoms. The summed E-state index contributed by atoms with van der Waals surface area (Å²) in [5.41, 5.74) is 11.1. The van der Waals surface area contributed by atoms with Crippen LogP contribution in [-0.2, 0) is 0 Å². The third kappa shape index (κ3) is 4.34. The first-order valence-electron chi connectivity index (χ1n) is 16.2. The summed E-state index contributed by atoms with van der Waals surface area (Å²) in [5.74, 6) is 1.91. The van der Waals surface area contributed by atoms with Gasteiger partial charge in [0.15, 0.2) is 17.5 Å². The second kappa shape index (κ2) is 11.1. The van der Waals surface area contributed by atoms with Gasteiger partial charge in [0.25, 0.3) is 0 Å². The molecule has 4 nitrogen and oxygen atoms in total. The Kier molecular flexibility index (Phi) is 6.47. The molecule has 0 saturated heterocycles. The summed E-state index contributed by atoms with van der Waals surface area (Å²) in [7, 11) is 0. The van der Waals surface area contributed by atoms with Crippen LogP contribution in [0.4, 0.5) is 0 Å². The Hall–Kier alpha value is -6.39. The van der Waals surface area contributed by atoms with E-state index in [4.69, 9.17) is 15.0 Å². The maximum Gasteiger partial charge on any atom is 0.164 e. The van der Waals surface area contributed by atoms with Crippen molar-refractivity contribution >= 4 is 43.8 Å². The SMILES string of the molecule is C=C/C=C(\C=C(/C)c1nc(-c2ccccc2)nc(-c2ccccc2)n1)n1c2cccc3c2c2c4c(cccc4ccc21)-c1ccccc1-3.